The van der Waals surface area contributed by atoms with Crippen molar-refractivity contribution in [3.05, 3.63) is 29.3 Å². The van der Waals surface area contributed by atoms with Crippen LogP contribution in [0.15, 0.2) is 23.3 Å². The smallest absolute Gasteiger partial charge is 0.243 e. The molecule has 4 rings (SSSR count). The Morgan fingerprint density at radius 2 is 1.83 bits per heavy atom. The van der Waals surface area contributed by atoms with Crippen LogP contribution >= 0.6 is 0 Å². The predicted molar refractivity (Wildman–Crippen MR) is 88.2 cm³/mol. The summed E-state index contributed by atoms with van der Waals surface area (Å²) in [6, 6.07) is 6.13. The van der Waals surface area contributed by atoms with Gasteiger partial charge in [0.15, 0.2) is 0 Å². The Balaban J connectivity index is 1.72. The number of benzene rings is 1. The fraction of sp³-hybridized carbons (Fsp3) is 0.500. The predicted octanol–water partition coefficient (Wildman–Crippen LogP) is 2.63. The lowest BCUT2D eigenvalue weighted by Crippen LogP contribution is -2.47. The van der Waals surface area contributed by atoms with Crippen LogP contribution in [0.2, 0.25) is 0 Å². The van der Waals surface area contributed by atoms with Crippen LogP contribution in [0.4, 0.5) is 5.69 Å². The lowest BCUT2D eigenvalue weighted by molar-refractivity contribution is -0.129. The molecule has 5 heteroatoms. The molecule has 1 aliphatic carbocycles. The molecule has 5 nitrogen and oxygen atoms in total. The second-order valence-electron chi connectivity index (χ2n) is 7.09. The number of nitrogens with zero attached hydrogens (tertiary/aromatic N) is 1. The SMILES string of the molecule is CC1CC(C)c2cc(C3=NNC(=O)C4CCC34)ccc2NC1=O. The van der Waals surface area contributed by atoms with E-state index in [0.717, 1.165) is 41.8 Å². The number of amides is 2. The van der Waals surface area contributed by atoms with Crippen molar-refractivity contribution < 1.29 is 9.59 Å². The van der Waals surface area contributed by atoms with Gasteiger partial charge in [-0.3, -0.25) is 9.59 Å². The minimum atomic E-state index is 0.0168. The maximum absolute atomic E-state index is 12.1. The van der Waals surface area contributed by atoms with Crippen LogP contribution in [-0.4, -0.2) is 17.5 Å². The summed E-state index contributed by atoms with van der Waals surface area (Å²) in [5, 5.41) is 7.35. The van der Waals surface area contributed by atoms with Gasteiger partial charge in [-0.25, -0.2) is 5.43 Å². The van der Waals surface area contributed by atoms with Gasteiger partial charge < -0.3 is 5.32 Å². The van der Waals surface area contributed by atoms with E-state index in [0.29, 0.717) is 5.92 Å². The van der Waals surface area contributed by atoms with Crippen LogP contribution < -0.4 is 10.7 Å². The standard InChI is InChI=1S/C18H21N3O2/c1-9-7-10(2)17(22)19-15-6-3-11(8-14(9)15)16-12-4-5-13(12)18(23)21-20-16/h3,6,8-10,12-13H,4-5,7H2,1-2H3,(H,19,22)(H,21,23). The molecule has 120 valence electrons. The van der Waals surface area contributed by atoms with Crippen LogP contribution in [0, 0.1) is 17.8 Å². The van der Waals surface area contributed by atoms with Crippen LogP contribution in [0.25, 0.3) is 0 Å². The zero-order valence-electron chi connectivity index (χ0n) is 13.4. The average Bonchev–Trinajstić information content (AvgIpc) is 2.58. The minimum absolute atomic E-state index is 0.0168. The van der Waals surface area contributed by atoms with Gasteiger partial charge in [0.1, 0.15) is 0 Å². The first-order valence-electron chi connectivity index (χ1n) is 8.37. The van der Waals surface area contributed by atoms with Crippen molar-refractivity contribution in [2.75, 3.05) is 5.32 Å². The van der Waals surface area contributed by atoms with E-state index in [-0.39, 0.29) is 29.6 Å². The van der Waals surface area contributed by atoms with E-state index in [2.05, 4.69) is 28.8 Å². The second kappa shape index (κ2) is 5.18. The number of carbonyl (C=O) groups excluding carboxylic acids is 2. The average molecular weight is 311 g/mol. The van der Waals surface area contributed by atoms with E-state index < -0.39 is 0 Å². The van der Waals surface area contributed by atoms with Gasteiger partial charge in [0.05, 0.1) is 5.71 Å². The maximum Gasteiger partial charge on any atom is 0.243 e. The summed E-state index contributed by atoms with van der Waals surface area (Å²) in [6.07, 6.45) is 2.82. The number of hydrogen-bond donors (Lipinski definition) is 2. The first kappa shape index (κ1) is 14.4. The fourth-order valence-electron chi connectivity index (χ4n) is 3.96. The van der Waals surface area contributed by atoms with Gasteiger partial charge in [-0.15, -0.1) is 0 Å². The molecule has 4 unspecified atom stereocenters. The van der Waals surface area contributed by atoms with E-state index in [9.17, 15) is 9.59 Å². The van der Waals surface area contributed by atoms with Crippen molar-refractivity contribution in [3.8, 4) is 0 Å². The molecule has 0 saturated heterocycles. The molecule has 0 aromatic heterocycles. The first-order valence-corrected chi connectivity index (χ1v) is 8.37. The molecular formula is C18H21N3O2. The Bertz CT molecular complexity index is 725. The Kier molecular flexibility index (Phi) is 3.25. The molecule has 0 bridgehead atoms. The van der Waals surface area contributed by atoms with Gasteiger partial charge in [0, 0.05) is 23.4 Å². The number of carbonyl (C=O) groups is 2. The molecule has 0 spiro atoms. The van der Waals surface area contributed by atoms with Gasteiger partial charge in [-0.05, 0) is 48.4 Å². The number of rotatable bonds is 1. The molecule has 2 N–H and O–H groups in total. The Hall–Kier alpha value is -2.17. The van der Waals surface area contributed by atoms with E-state index in [4.69, 9.17) is 0 Å². The summed E-state index contributed by atoms with van der Waals surface area (Å²) >= 11 is 0. The number of hydrazone groups is 1. The topological polar surface area (TPSA) is 70.6 Å². The summed E-state index contributed by atoms with van der Waals surface area (Å²) < 4.78 is 0. The summed E-state index contributed by atoms with van der Waals surface area (Å²) in [5.74, 6) is 0.798. The molecule has 23 heavy (non-hydrogen) atoms. The Morgan fingerprint density at radius 1 is 1.04 bits per heavy atom. The zero-order chi connectivity index (χ0) is 16.1. The van der Waals surface area contributed by atoms with Crippen molar-refractivity contribution in [2.24, 2.45) is 22.9 Å². The number of anilines is 1. The number of hydrogen-bond acceptors (Lipinski definition) is 3. The summed E-state index contributed by atoms with van der Waals surface area (Å²) in [7, 11) is 0. The van der Waals surface area contributed by atoms with Crippen molar-refractivity contribution in [2.45, 2.75) is 39.0 Å². The molecule has 1 saturated carbocycles. The number of nitrogens with one attached hydrogen (secondary N) is 2. The quantitative estimate of drug-likeness (QED) is 0.837. The van der Waals surface area contributed by atoms with Gasteiger partial charge >= 0.3 is 0 Å². The molecule has 4 atom stereocenters. The summed E-state index contributed by atoms with van der Waals surface area (Å²) in [6.45, 7) is 4.13. The number of fused-ring (bicyclic) bond motifs is 2. The van der Waals surface area contributed by atoms with Crippen LogP contribution in [-0.2, 0) is 9.59 Å². The maximum atomic E-state index is 12.1. The third-order valence-electron chi connectivity index (χ3n) is 5.54. The normalized spacial score (nSPS) is 32.5. The van der Waals surface area contributed by atoms with E-state index in [1.807, 2.05) is 19.1 Å². The Labute approximate surface area is 135 Å². The molecule has 1 aromatic carbocycles. The van der Waals surface area contributed by atoms with Crippen molar-refractivity contribution in [1.29, 1.82) is 0 Å². The van der Waals surface area contributed by atoms with Gasteiger partial charge in [0.2, 0.25) is 11.8 Å². The summed E-state index contributed by atoms with van der Waals surface area (Å²) in [4.78, 5) is 23.8. The van der Waals surface area contributed by atoms with E-state index in [1.54, 1.807) is 0 Å². The molecule has 1 aromatic rings. The monoisotopic (exact) mass is 311 g/mol. The minimum Gasteiger partial charge on any atom is -0.326 e. The lowest BCUT2D eigenvalue weighted by atomic mass is 9.68. The highest BCUT2D eigenvalue weighted by Crippen LogP contribution is 2.40. The van der Waals surface area contributed by atoms with E-state index >= 15 is 0 Å². The molecule has 2 amide bonds. The highest BCUT2D eigenvalue weighted by molar-refractivity contribution is 6.08. The van der Waals surface area contributed by atoms with E-state index in [1.165, 1.54) is 0 Å². The highest BCUT2D eigenvalue weighted by atomic mass is 16.2. The molecular weight excluding hydrogens is 290 g/mol. The molecule has 2 heterocycles. The third kappa shape index (κ3) is 2.26. The molecule has 3 aliphatic rings. The lowest BCUT2D eigenvalue weighted by Gasteiger charge is -2.39. The van der Waals surface area contributed by atoms with Crippen LogP contribution in [0.1, 0.15) is 50.2 Å². The molecule has 0 radical (unpaired) electrons. The van der Waals surface area contributed by atoms with Gasteiger partial charge in [0.25, 0.3) is 0 Å². The first-order chi connectivity index (χ1) is 11.0. The van der Waals surface area contributed by atoms with Crippen molar-refractivity contribution in [1.82, 2.24) is 5.43 Å². The van der Waals surface area contributed by atoms with Crippen molar-refractivity contribution in [3.63, 3.8) is 0 Å². The Morgan fingerprint density at radius 3 is 2.57 bits per heavy atom. The molecule has 2 aliphatic heterocycles. The van der Waals surface area contributed by atoms with Crippen LogP contribution in [0.5, 0.6) is 0 Å². The zero-order valence-corrected chi connectivity index (χ0v) is 13.4. The largest absolute Gasteiger partial charge is 0.326 e. The van der Waals surface area contributed by atoms with Gasteiger partial charge in [-0.2, -0.15) is 5.10 Å². The van der Waals surface area contributed by atoms with Gasteiger partial charge in [-0.1, -0.05) is 19.9 Å². The van der Waals surface area contributed by atoms with Crippen LogP contribution in [0.3, 0.4) is 0 Å². The molecule has 1 fully saturated rings. The summed E-state index contributed by atoms with van der Waals surface area (Å²) in [5.41, 5.74) is 6.78. The third-order valence-corrected chi connectivity index (χ3v) is 5.54. The highest BCUT2D eigenvalue weighted by Gasteiger charge is 2.43. The fourth-order valence-corrected chi connectivity index (χ4v) is 3.96. The van der Waals surface area contributed by atoms with Crippen molar-refractivity contribution >= 4 is 23.2 Å². The second-order valence-corrected chi connectivity index (χ2v) is 7.09.